The maximum absolute atomic E-state index is 10.0. The molecule has 0 fully saturated rings. The number of aromatic nitrogens is 1. The molecule has 1 heterocycles. The van der Waals surface area contributed by atoms with Crippen LogP contribution in [0.4, 0.5) is 0 Å². The molecule has 4 nitrogen and oxygen atoms in total. The number of nitrogens with one attached hydrogen (secondary N) is 1. The third-order valence-corrected chi connectivity index (χ3v) is 3.27. The summed E-state index contributed by atoms with van der Waals surface area (Å²) in [6.07, 6.45) is 1.77. The largest absolute Gasteiger partial charge is 0.481 e. The van der Waals surface area contributed by atoms with Crippen LogP contribution in [0.5, 0.6) is 5.88 Å². The van der Waals surface area contributed by atoms with Crippen molar-refractivity contribution in [2.75, 3.05) is 7.11 Å². The van der Waals surface area contributed by atoms with Crippen molar-refractivity contribution >= 4 is 0 Å². The van der Waals surface area contributed by atoms with Crippen molar-refractivity contribution in [1.29, 1.82) is 0 Å². The van der Waals surface area contributed by atoms with E-state index in [1.807, 2.05) is 26.0 Å². The fourth-order valence-electron chi connectivity index (χ4n) is 1.18. The highest BCUT2D eigenvalue weighted by atomic mass is 16.5. The molecular formula is C13H22N2O2. The molecule has 0 unspecified atom stereocenters. The van der Waals surface area contributed by atoms with Gasteiger partial charge in [0.05, 0.1) is 12.7 Å². The van der Waals surface area contributed by atoms with Gasteiger partial charge in [-0.3, -0.25) is 0 Å². The molecule has 0 amide bonds. The maximum Gasteiger partial charge on any atom is 0.212 e. The quantitative estimate of drug-likeness (QED) is 0.820. The number of aliphatic hydroxyl groups is 1. The second-order valence-electron chi connectivity index (χ2n) is 5.25. The Morgan fingerprint density at radius 2 is 1.94 bits per heavy atom. The zero-order valence-corrected chi connectivity index (χ0v) is 11.2. The molecule has 0 aliphatic heterocycles. The average molecular weight is 238 g/mol. The lowest BCUT2D eigenvalue weighted by molar-refractivity contribution is -0.00533. The first-order valence-corrected chi connectivity index (χ1v) is 5.72. The summed E-state index contributed by atoms with van der Waals surface area (Å²) in [4.78, 5) is 4.14. The van der Waals surface area contributed by atoms with Crippen LogP contribution in [-0.4, -0.2) is 28.3 Å². The molecule has 0 aliphatic carbocycles. The third-order valence-electron chi connectivity index (χ3n) is 3.27. The molecule has 0 atom stereocenters. The van der Waals surface area contributed by atoms with Crippen molar-refractivity contribution in [3.8, 4) is 5.88 Å². The third kappa shape index (κ3) is 3.68. The average Bonchev–Trinajstić information content (AvgIpc) is 2.25. The maximum atomic E-state index is 10.0. The van der Waals surface area contributed by atoms with E-state index in [2.05, 4.69) is 10.3 Å². The first-order chi connectivity index (χ1) is 7.76. The Labute approximate surface area is 103 Å². The normalized spacial score (nSPS) is 12.6. The minimum absolute atomic E-state index is 0.368. The van der Waals surface area contributed by atoms with E-state index in [-0.39, 0.29) is 5.54 Å². The predicted molar refractivity (Wildman–Crippen MR) is 68.0 cm³/mol. The number of hydrogen-bond donors (Lipinski definition) is 2. The van der Waals surface area contributed by atoms with E-state index < -0.39 is 5.60 Å². The Morgan fingerprint density at radius 1 is 1.29 bits per heavy atom. The van der Waals surface area contributed by atoms with Crippen LogP contribution in [0, 0.1) is 0 Å². The molecular weight excluding hydrogens is 216 g/mol. The van der Waals surface area contributed by atoms with E-state index >= 15 is 0 Å². The fourth-order valence-corrected chi connectivity index (χ4v) is 1.18. The van der Waals surface area contributed by atoms with E-state index in [0.29, 0.717) is 12.4 Å². The van der Waals surface area contributed by atoms with Crippen molar-refractivity contribution in [1.82, 2.24) is 10.3 Å². The monoisotopic (exact) mass is 238 g/mol. The number of rotatable bonds is 5. The van der Waals surface area contributed by atoms with Gasteiger partial charge in [-0.05, 0) is 33.3 Å². The number of hydrogen-bond acceptors (Lipinski definition) is 4. The van der Waals surface area contributed by atoms with Gasteiger partial charge >= 0.3 is 0 Å². The van der Waals surface area contributed by atoms with Crippen LogP contribution in [0.15, 0.2) is 18.3 Å². The summed E-state index contributed by atoms with van der Waals surface area (Å²) in [6, 6.07) is 3.79. The van der Waals surface area contributed by atoms with Crippen LogP contribution in [0.3, 0.4) is 0 Å². The Bertz CT molecular complexity index is 353. The van der Waals surface area contributed by atoms with Crippen LogP contribution in [-0.2, 0) is 6.54 Å². The summed E-state index contributed by atoms with van der Waals surface area (Å²) >= 11 is 0. The SMILES string of the molecule is COc1ccc(CNC(C)(C)C(C)(C)O)cn1. The van der Waals surface area contributed by atoms with Gasteiger partial charge in [0.15, 0.2) is 0 Å². The Kier molecular flexibility index (Phi) is 4.11. The molecule has 0 saturated heterocycles. The van der Waals surface area contributed by atoms with E-state index in [1.165, 1.54) is 0 Å². The number of nitrogens with zero attached hydrogens (tertiary/aromatic N) is 1. The summed E-state index contributed by atoms with van der Waals surface area (Å²) in [7, 11) is 1.59. The molecule has 0 aromatic carbocycles. The van der Waals surface area contributed by atoms with Crippen LogP contribution in [0.25, 0.3) is 0 Å². The molecule has 0 radical (unpaired) electrons. The van der Waals surface area contributed by atoms with Crippen LogP contribution in [0.1, 0.15) is 33.3 Å². The lowest BCUT2D eigenvalue weighted by atomic mass is 9.86. The second kappa shape index (κ2) is 5.02. The molecule has 96 valence electrons. The predicted octanol–water partition coefficient (Wildman–Crippen LogP) is 1.73. The summed E-state index contributed by atoms with van der Waals surface area (Å²) in [5, 5.41) is 13.3. The van der Waals surface area contributed by atoms with E-state index in [1.54, 1.807) is 27.2 Å². The van der Waals surface area contributed by atoms with Crippen molar-refractivity contribution in [3.63, 3.8) is 0 Å². The first kappa shape index (κ1) is 13.9. The van der Waals surface area contributed by atoms with E-state index in [4.69, 9.17) is 4.74 Å². The van der Waals surface area contributed by atoms with Crippen LogP contribution in [0.2, 0.25) is 0 Å². The van der Waals surface area contributed by atoms with Crippen LogP contribution < -0.4 is 10.1 Å². The topological polar surface area (TPSA) is 54.4 Å². The highest BCUT2D eigenvalue weighted by molar-refractivity contribution is 5.18. The molecule has 0 saturated carbocycles. The molecule has 1 rings (SSSR count). The van der Waals surface area contributed by atoms with Gasteiger partial charge in [0.1, 0.15) is 0 Å². The number of methoxy groups -OCH3 is 1. The van der Waals surface area contributed by atoms with Crippen molar-refractivity contribution in [2.45, 2.75) is 45.4 Å². The molecule has 4 heteroatoms. The van der Waals surface area contributed by atoms with Crippen molar-refractivity contribution < 1.29 is 9.84 Å². The van der Waals surface area contributed by atoms with E-state index in [0.717, 1.165) is 5.56 Å². The van der Waals surface area contributed by atoms with Gasteiger partial charge in [0.2, 0.25) is 5.88 Å². The lowest BCUT2D eigenvalue weighted by Crippen LogP contribution is -2.55. The second-order valence-corrected chi connectivity index (χ2v) is 5.25. The summed E-state index contributed by atoms with van der Waals surface area (Å²) in [5.41, 5.74) is -0.0945. The van der Waals surface area contributed by atoms with E-state index in [9.17, 15) is 5.11 Å². The number of ether oxygens (including phenoxy) is 1. The zero-order valence-electron chi connectivity index (χ0n) is 11.2. The van der Waals surface area contributed by atoms with Crippen LogP contribution >= 0.6 is 0 Å². The summed E-state index contributed by atoms with van der Waals surface area (Å²) < 4.78 is 5.00. The summed E-state index contributed by atoms with van der Waals surface area (Å²) in [5.74, 6) is 0.607. The highest BCUT2D eigenvalue weighted by Crippen LogP contribution is 2.21. The molecule has 1 aromatic heterocycles. The Hall–Kier alpha value is -1.13. The van der Waals surface area contributed by atoms with Gasteiger partial charge in [-0.2, -0.15) is 0 Å². The molecule has 0 bridgehead atoms. The minimum Gasteiger partial charge on any atom is -0.481 e. The van der Waals surface area contributed by atoms with Crippen molar-refractivity contribution in [3.05, 3.63) is 23.9 Å². The smallest absolute Gasteiger partial charge is 0.212 e. The van der Waals surface area contributed by atoms with Gasteiger partial charge in [0, 0.05) is 24.3 Å². The Morgan fingerprint density at radius 3 is 2.35 bits per heavy atom. The lowest BCUT2D eigenvalue weighted by Gasteiger charge is -2.38. The van der Waals surface area contributed by atoms with Crippen molar-refractivity contribution in [2.24, 2.45) is 0 Å². The fraction of sp³-hybridized carbons (Fsp3) is 0.615. The first-order valence-electron chi connectivity index (χ1n) is 5.72. The number of pyridine rings is 1. The van der Waals surface area contributed by atoms with Gasteiger partial charge in [-0.1, -0.05) is 6.07 Å². The summed E-state index contributed by atoms with van der Waals surface area (Å²) in [6.45, 7) is 8.21. The molecule has 2 N–H and O–H groups in total. The molecule has 17 heavy (non-hydrogen) atoms. The zero-order chi connectivity index (χ0) is 13.1. The Balaban J connectivity index is 2.61. The van der Waals surface area contributed by atoms with Gasteiger partial charge < -0.3 is 15.2 Å². The highest BCUT2D eigenvalue weighted by Gasteiger charge is 2.34. The van der Waals surface area contributed by atoms with Gasteiger partial charge in [0.25, 0.3) is 0 Å². The molecule has 0 aliphatic rings. The molecule has 0 spiro atoms. The minimum atomic E-state index is -0.785. The van der Waals surface area contributed by atoms with Gasteiger partial charge in [-0.25, -0.2) is 4.98 Å². The standard InChI is InChI=1S/C13H22N2O2/c1-12(2,13(3,4)16)15-9-10-6-7-11(17-5)14-8-10/h6-8,15-16H,9H2,1-5H3. The molecule has 1 aromatic rings. The van der Waals surface area contributed by atoms with Gasteiger partial charge in [-0.15, -0.1) is 0 Å².